The molecule has 0 bridgehead atoms. The predicted octanol–water partition coefficient (Wildman–Crippen LogP) is 1.90. The molecule has 1 N–H and O–H groups in total. The fourth-order valence-electron chi connectivity index (χ4n) is 0.904. The first-order valence-corrected chi connectivity index (χ1v) is 4.71. The lowest BCUT2D eigenvalue weighted by Gasteiger charge is -2.11. The lowest BCUT2D eigenvalue weighted by molar-refractivity contribution is 0.118. The molecular formula is C12H15NO. The molecule has 0 fully saturated rings. The average Bonchev–Trinajstić information content (AvgIpc) is 2.17. The Balaban J connectivity index is 2.94. The third-order valence-corrected chi connectivity index (χ3v) is 2.18. The fourth-order valence-corrected chi connectivity index (χ4v) is 0.904. The quantitative estimate of drug-likeness (QED) is 0.684. The smallest absolute Gasteiger partial charge is 0.122 e. The van der Waals surface area contributed by atoms with Gasteiger partial charge in [-0.15, -0.1) is 0 Å². The summed E-state index contributed by atoms with van der Waals surface area (Å²) < 4.78 is 0. The van der Waals surface area contributed by atoms with Crippen molar-refractivity contribution in [1.82, 2.24) is 4.98 Å². The standard InChI is InChI=1S/C12H15NO/c1-4-12(3,14)7-5-11-6-8-13-9-10(11)2/h6,8-9,14H,4H2,1-3H3. The maximum Gasteiger partial charge on any atom is 0.122 e. The summed E-state index contributed by atoms with van der Waals surface area (Å²) in [6.45, 7) is 5.59. The van der Waals surface area contributed by atoms with Gasteiger partial charge in [-0.25, -0.2) is 0 Å². The van der Waals surface area contributed by atoms with E-state index in [0.717, 1.165) is 11.1 Å². The topological polar surface area (TPSA) is 33.1 Å². The summed E-state index contributed by atoms with van der Waals surface area (Å²) in [5, 5.41) is 9.69. The van der Waals surface area contributed by atoms with Gasteiger partial charge in [0, 0.05) is 18.0 Å². The van der Waals surface area contributed by atoms with Crippen molar-refractivity contribution in [2.45, 2.75) is 32.8 Å². The zero-order chi connectivity index (χ0) is 10.6. The van der Waals surface area contributed by atoms with Gasteiger partial charge in [-0.05, 0) is 31.9 Å². The van der Waals surface area contributed by atoms with Crippen molar-refractivity contribution in [2.75, 3.05) is 0 Å². The van der Waals surface area contributed by atoms with E-state index in [1.54, 1.807) is 19.3 Å². The Morgan fingerprint density at radius 2 is 2.29 bits per heavy atom. The summed E-state index contributed by atoms with van der Waals surface area (Å²) in [6.07, 6.45) is 4.10. The Hall–Kier alpha value is -1.33. The maximum absolute atomic E-state index is 9.69. The largest absolute Gasteiger partial charge is 0.378 e. The average molecular weight is 189 g/mol. The van der Waals surface area contributed by atoms with Crippen LogP contribution in [-0.2, 0) is 0 Å². The number of rotatable bonds is 1. The molecule has 74 valence electrons. The first kappa shape index (κ1) is 10.7. The third kappa shape index (κ3) is 2.86. The van der Waals surface area contributed by atoms with Crippen LogP contribution in [0, 0.1) is 18.8 Å². The van der Waals surface area contributed by atoms with E-state index in [0.29, 0.717) is 6.42 Å². The molecule has 2 nitrogen and oxygen atoms in total. The van der Waals surface area contributed by atoms with E-state index in [-0.39, 0.29) is 0 Å². The molecule has 1 aromatic rings. The summed E-state index contributed by atoms with van der Waals surface area (Å²) in [7, 11) is 0. The first-order valence-electron chi connectivity index (χ1n) is 4.71. The number of aryl methyl sites for hydroxylation is 1. The summed E-state index contributed by atoms with van der Waals surface area (Å²) in [6, 6.07) is 1.86. The molecule has 14 heavy (non-hydrogen) atoms. The maximum atomic E-state index is 9.69. The van der Waals surface area contributed by atoms with Crippen LogP contribution in [0.25, 0.3) is 0 Å². The molecule has 0 aliphatic heterocycles. The van der Waals surface area contributed by atoms with Crippen molar-refractivity contribution in [2.24, 2.45) is 0 Å². The number of aliphatic hydroxyl groups is 1. The van der Waals surface area contributed by atoms with Crippen LogP contribution < -0.4 is 0 Å². The van der Waals surface area contributed by atoms with Crippen molar-refractivity contribution in [3.8, 4) is 11.8 Å². The minimum absolute atomic E-state index is 0.629. The van der Waals surface area contributed by atoms with Gasteiger partial charge in [0.25, 0.3) is 0 Å². The Kier molecular flexibility index (Phi) is 3.27. The van der Waals surface area contributed by atoms with Crippen LogP contribution in [0.3, 0.4) is 0 Å². The van der Waals surface area contributed by atoms with Crippen LogP contribution in [0.4, 0.5) is 0 Å². The van der Waals surface area contributed by atoms with E-state index in [9.17, 15) is 5.11 Å². The van der Waals surface area contributed by atoms with Gasteiger partial charge in [0.15, 0.2) is 0 Å². The predicted molar refractivity (Wildman–Crippen MR) is 56.8 cm³/mol. The molecule has 1 rings (SSSR count). The SMILES string of the molecule is CCC(C)(O)C#Cc1ccncc1C. The van der Waals surface area contributed by atoms with Crippen LogP contribution in [0.2, 0.25) is 0 Å². The van der Waals surface area contributed by atoms with E-state index >= 15 is 0 Å². The van der Waals surface area contributed by atoms with Gasteiger partial charge in [-0.2, -0.15) is 0 Å². The molecule has 2 heteroatoms. The normalized spacial score (nSPS) is 14.0. The number of pyridine rings is 1. The second-order valence-corrected chi connectivity index (χ2v) is 3.57. The number of hydrogen-bond acceptors (Lipinski definition) is 2. The van der Waals surface area contributed by atoms with Crippen molar-refractivity contribution in [3.63, 3.8) is 0 Å². The van der Waals surface area contributed by atoms with Crippen LogP contribution in [0.15, 0.2) is 18.5 Å². The van der Waals surface area contributed by atoms with Crippen LogP contribution in [-0.4, -0.2) is 15.7 Å². The molecule has 0 spiro atoms. The first-order chi connectivity index (χ1) is 6.55. The van der Waals surface area contributed by atoms with Gasteiger partial charge in [-0.3, -0.25) is 4.98 Å². The zero-order valence-corrected chi connectivity index (χ0v) is 8.83. The van der Waals surface area contributed by atoms with Crippen molar-refractivity contribution >= 4 is 0 Å². The Labute approximate surface area is 85.0 Å². The van der Waals surface area contributed by atoms with E-state index in [1.165, 1.54) is 0 Å². The van der Waals surface area contributed by atoms with Gasteiger partial charge in [0.05, 0.1) is 0 Å². The highest BCUT2D eigenvalue weighted by molar-refractivity contribution is 5.39. The van der Waals surface area contributed by atoms with Crippen molar-refractivity contribution in [1.29, 1.82) is 0 Å². The molecule has 0 saturated heterocycles. The Bertz CT molecular complexity index is 371. The molecule has 1 aromatic heterocycles. The Morgan fingerprint density at radius 1 is 1.57 bits per heavy atom. The molecular weight excluding hydrogens is 174 g/mol. The summed E-state index contributed by atoms with van der Waals surface area (Å²) >= 11 is 0. The fraction of sp³-hybridized carbons (Fsp3) is 0.417. The minimum Gasteiger partial charge on any atom is -0.378 e. The van der Waals surface area contributed by atoms with Crippen molar-refractivity contribution in [3.05, 3.63) is 29.6 Å². The second kappa shape index (κ2) is 4.26. The van der Waals surface area contributed by atoms with Crippen LogP contribution in [0.1, 0.15) is 31.4 Å². The molecule has 0 saturated carbocycles. The highest BCUT2D eigenvalue weighted by Crippen LogP contribution is 2.08. The number of nitrogens with zero attached hydrogens (tertiary/aromatic N) is 1. The lowest BCUT2D eigenvalue weighted by atomic mass is 10.0. The van der Waals surface area contributed by atoms with Crippen molar-refractivity contribution < 1.29 is 5.11 Å². The van der Waals surface area contributed by atoms with Gasteiger partial charge >= 0.3 is 0 Å². The summed E-state index contributed by atoms with van der Waals surface area (Å²) in [4.78, 5) is 3.98. The summed E-state index contributed by atoms with van der Waals surface area (Å²) in [5.74, 6) is 5.81. The van der Waals surface area contributed by atoms with Crippen LogP contribution >= 0.6 is 0 Å². The van der Waals surface area contributed by atoms with Gasteiger partial charge in [0.2, 0.25) is 0 Å². The summed E-state index contributed by atoms with van der Waals surface area (Å²) in [5.41, 5.74) is 1.07. The number of aromatic nitrogens is 1. The molecule has 0 aliphatic carbocycles. The zero-order valence-electron chi connectivity index (χ0n) is 8.83. The van der Waals surface area contributed by atoms with E-state index in [1.807, 2.05) is 19.9 Å². The monoisotopic (exact) mass is 189 g/mol. The van der Waals surface area contributed by atoms with E-state index in [4.69, 9.17) is 0 Å². The van der Waals surface area contributed by atoms with Gasteiger partial charge in [0.1, 0.15) is 5.60 Å². The molecule has 1 unspecified atom stereocenters. The minimum atomic E-state index is -0.893. The lowest BCUT2D eigenvalue weighted by Crippen LogP contribution is -2.19. The van der Waals surface area contributed by atoms with E-state index < -0.39 is 5.60 Å². The molecule has 1 atom stereocenters. The van der Waals surface area contributed by atoms with E-state index in [2.05, 4.69) is 16.8 Å². The molecule has 0 aromatic carbocycles. The highest BCUT2D eigenvalue weighted by Gasteiger charge is 2.12. The Morgan fingerprint density at radius 3 is 2.86 bits per heavy atom. The van der Waals surface area contributed by atoms with Gasteiger partial charge < -0.3 is 5.11 Å². The van der Waals surface area contributed by atoms with Gasteiger partial charge in [-0.1, -0.05) is 18.8 Å². The molecule has 0 amide bonds. The third-order valence-electron chi connectivity index (χ3n) is 2.18. The number of hydrogen-bond donors (Lipinski definition) is 1. The van der Waals surface area contributed by atoms with Crippen LogP contribution in [0.5, 0.6) is 0 Å². The molecule has 1 heterocycles. The molecule has 0 aliphatic rings. The molecule has 0 radical (unpaired) electrons. The highest BCUT2D eigenvalue weighted by atomic mass is 16.3. The second-order valence-electron chi connectivity index (χ2n) is 3.57.